The van der Waals surface area contributed by atoms with Gasteiger partial charge in [-0.3, -0.25) is 0 Å². The summed E-state index contributed by atoms with van der Waals surface area (Å²) in [7, 11) is 0. The first-order valence-corrected chi connectivity index (χ1v) is 4.39. The van der Waals surface area contributed by atoms with Gasteiger partial charge < -0.3 is 10.8 Å². The van der Waals surface area contributed by atoms with Crippen LogP contribution in [0, 0.1) is 10.5 Å². The first-order chi connectivity index (χ1) is 5.54. The summed E-state index contributed by atoms with van der Waals surface area (Å²) < 4.78 is 0.670. The van der Waals surface area contributed by atoms with E-state index < -0.39 is 5.97 Å². The van der Waals surface area contributed by atoms with Crippen molar-refractivity contribution in [2.24, 2.45) is 0 Å². The second kappa shape index (κ2) is 3.30. The highest BCUT2D eigenvalue weighted by molar-refractivity contribution is 14.1. The number of nitrogen functional groups attached to an aromatic ring is 1. The predicted octanol–water partition coefficient (Wildman–Crippen LogP) is 1.88. The molecule has 0 aromatic heterocycles. The smallest absolute Gasteiger partial charge is 0.338 e. The summed E-state index contributed by atoms with van der Waals surface area (Å²) in [5.41, 5.74) is 6.96. The SMILES string of the molecule is Cc1ccc(I)c(C(=O)O)c1N. The van der Waals surface area contributed by atoms with Gasteiger partial charge in [0.15, 0.2) is 0 Å². The Bertz CT molecular complexity index is 336. The molecule has 64 valence electrons. The average molecular weight is 277 g/mol. The molecule has 0 saturated heterocycles. The van der Waals surface area contributed by atoms with Crippen LogP contribution in [0.1, 0.15) is 15.9 Å². The lowest BCUT2D eigenvalue weighted by Crippen LogP contribution is -2.06. The second-order valence-electron chi connectivity index (χ2n) is 2.46. The Labute approximate surface area is 83.7 Å². The summed E-state index contributed by atoms with van der Waals surface area (Å²) in [5.74, 6) is -0.972. The predicted molar refractivity (Wildman–Crippen MR) is 55.3 cm³/mol. The van der Waals surface area contributed by atoms with Gasteiger partial charge in [0, 0.05) is 3.57 Å². The minimum Gasteiger partial charge on any atom is -0.478 e. The van der Waals surface area contributed by atoms with E-state index in [2.05, 4.69) is 0 Å². The Morgan fingerprint density at radius 3 is 2.58 bits per heavy atom. The highest BCUT2D eigenvalue weighted by Crippen LogP contribution is 2.22. The third kappa shape index (κ3) is 1.52. The summed E-state index contributed by atoms with van der Waals surface area (Å²) in [6.07, 6.45) is 0. The van der Waals surface area contributed by atoms with Crippen LogP contribution in [0.5, 0.6) is 0 Å². The van der Waals surface area contributed by atoms with Crippen LogP contribution in [0.2, 0.25) is 0 Å². The normalized spacial score (nSPS) is 9.83. The molecule has 0 spiro atoms. The van der Waals surface area contributed by atoms with Gasteiger partial charge in [-0.15, -0.1) is 0 Å². The molecule has 1 aromatic rings. The van der Waals surface area contributed by atoms with Crippen LogP contribution in [0.25, 0.3) is 0 Å². The Hall–Kier alpha value is -0.780. The highest BCUT2D eigenvalue weighted by Gasteiger charge is 2.13. The molecule has 0 unspecified atom stereocenters. The van der Waals surface area contributed by atoms with Crippen LogP contribution in [-0.2, 0) is 0 Å². The van der Waals surface area contributed by atoms with E-state index in [1.54, 1.807) is 13.0 Å². The molecular weight excluding hydrogens is 269 g/mol. The number of rotatable bonds is 1. The number of aryl methyl sites for hydroxylation is 1. The first kappa shape index (κ1) is 9.31. The molecule has 0 atom stereocenters. The standard InChI is InChI=1S/C8H8INO2/c1-4-2-3-5(9)6(7(4)10)8(11)12/h2-3H,10H2,1H3,(H,11,12). The van der Waals surface area contributed by atoms with Crippen LogP contribution in [-0.4, -0.2) is 11.1 Å². The molecule has 0 amide bonds. The number of aromatic carboxylic acids is 1. The summed E-state index contributed by atoms with van der Waals surface area (Å²) in [6, 6.07) is 3.55. The molecule has 4 heteroatoms. The number of halogens is 1. The summed E-state index contributed by atoms with van der Waals surface area (Å²) in [5, 5.41) is 8.79. The molecule has 0 aliphatic rings. The second-order valence-corrected chi connectivity index (χ2v) is 3.62. The molecular formula is C8H8INO2. The van der Waals surface area contributed by atoms with Crippen LogP contribution in [0.3, 0.4) is 0 Å². The highest BCUT2D eigenvalue weighted by atomic mass is 127. The van der Waals surface area contributed by atoms with E-state index in [9.17, 15) is 4.79 Å². The summed E-state index contributed by atoms with van der Waals surface area (Å²) >= 11 is 1.96. The number of anilines is 1. The third-order valence-electron chi connectivity index (χ3n) is 1.63. The summed E-state index contributed by atoms with van der Waals surface area (Å²) in [4.78, 5) is 10.7. The summed E-state index contributed by atoms with van der Waals surface area (Å²) in [6.45, 7) is 1.79. The van der Waals surface area contributed by atoms with Crippen molar-refractivity contribution in [1.82, 2.24) is 0 Å². The molecule has 0 bridgehead atoms. The third-order valence-corrected chi connectivity index (χ3v) is 2.53. The van der Waals surface area contributed by atoms with Gasteiger partial charge in [0.2, 0.25) is 0 Å². The van der Waals surface area contributed by atoms with Gasteiger partial charge in [-0.1, -0.05) is 6.07 Å². The number of nitrogens with two attached hydrogens (primary N) is 1. The quantitative estimate of drug-likeness (QED) is 0.608. The fourth-order valence-corrected chi connectivity index (χ4v) is 1.62. The lowest BCUT2D eigenvalue weighted by molar-refractivity contribution is 0.0697. The van der Waals surface area contributed by atoms with Crippen molar-refractivity contribution in [3.63, 3.8) is 0 Å². The molecule has 0 saturated carbocycles. The maximum Gasteiger partial charge on any atom is 0.338 e. The van der Waals surface area contributed by atoms with Crippen molar-refractivity contribution in [2.75, 3.05) is 5.73 Å². The molecule has 12 heavy (non-hydrogen) atoms. The van der Waals surface area contributed by atoms with Gasteiger partial charge in [0.25, 0.3) is 0 Å². The van der Waals surface area contributed by atoms with E-state index >= 15 is 0 Å². The zero-order chi connectivity index (χ0) is 9.30. The first-order valence-electron chi connectivity index (χ1n) is 3.32. The topological polar surface area (TPSA) is 63.3 Å². The average Bonchev–Trinajstić information content (AvgIpc) is 1.97. The van der Waals surface area contributed by atoms with Crippen LogP contribution < -0.4 is 5.73 Å². The zero-order valence-corrected chi connectivity index (χ0v) is 8.62. The number of hydrogen-bond donors (Lipinski definition) is 2. The molecule has 0 radical (unpaired) electrons. The largest absolute Gasteiger partial charge is 0.478 e. The van der Waals surface area contributed by atoms with Crippen molar-refractivity contribution in [2.45, 2.75) is 6.92 Å². The molecule has 3 N–H and O–H groups in total. The lowest BCUT2D eigenvalue weighted by Gasteiger charge is -2.05. The molecule has 3 nitrogen and oxygen atoms in total. The maximum absolute atomic E-state index is 10.7. The fraction of sp³-hybridized carbons (Fsp3) is 0.125. The number of carbonyl (C=O) groups is 1. The zero-order valence-electron chi connectivity index (χ0n) is 6.47. The van der Waals surface area contributed by atoms with Crippen molar-refractivity contribution < 1.29 is 9.90 Å². The van der Waals surface area contributed by atoms with Crippen molar-refractivity contribution in [3.05, 3.63) is 26.8 Å². The van der Waals surface area contributed by atoms with E-state index in [4.69, 9.17) is 10.8 Å². The van der Waals surface area contributed by atoms with Gasteiger partial charge in [-0.2, -0.15) is 0 Å². The van der Waals surface area contributed by atoms with E-state index in [0.717, 1.165) is 5.56 Å². The number of benzene rings is 1. The van der Waals surface area contributed by atoms with Gasteiger partial charge >= 0.3 is 5.97 Å². The number of hydrogen-bond acceptors (Lipinski definition) is 2. The lowest BCUT2D eigenvalue weighted by atomic mass is 10.1. The fourth-order valence-electron chi connectivity index (χ4n) is 0.914. The van der Waals surface area contributed by atoms with Gasteiger partial charge in [-0.05, 0) is 41.1 Å². The van der Waals surface area contributed by atoms with Crippen molar-refractivity contribution in [1.29, 1.82) is 0 Å². The molecule has 0 aliphatic carbocycles. The van der Waals surface area contributed by atoms with E-state index in [1.807, 2.05) is 28.7 Å². The number of carboxylic acids is 1. The molecule has 1 aromatic carbocycles. The van der Waals surface area contributed by atoms with Crippen LogP contribution in [0.15, 0.2) is 12.1 Å². The minimum atomic E-state index is -0.972. The van der Waals surface area contributed by atoms with E-state index in [0.29, 0.717) is 9.26 Å². The number of carboxylic acid groups (broad SMARTS) is 1. The Morgan fingerprint density at radius 1 is 1.58 bits per heavy atom. The molecule has 0 fully saturated rings. The van der Waals surface area contributed by atoms with Gasteiger partial charge in [0.05, 0.1) is 11.3 Å². The van der Waals surface area contributed by atoms with Gasteiger partial charge in [0.1, 0.15) is 0 Å². The molecule has 1 rings (SSSR count). The molecule has 0 heterocycles. The Balaban J connectivity index is 3.43. The van der Waals surface area contributed by atoms with Crippen LogP contribution in [0.4, 0.5) is 5.69 Å². The van der Waals surface area contributed by atoms with Gasteiger partial charge in [-0.25, -0.2) is 4.79 Å². The van der Waals surface area contributed by atoms with Crippen LogP contribution >= 0.6 is 22.6 Å². The Kier molecular flexibility index (Phi) is 2.56. The monoisotopic (exact) mass is 277 g/mol. The van der Waals surface area contributed by atoms with E-state index in [-0.39, 0.29) is 5.56 Å². The Morgan fingerprint density at radius 2 is 2.17 bits per heavy atom. The van der Waals surface area contributed by atoms with Crippen molar-refractivity contribution in [3.8, 4) is 0 Å². The minimum absolute atomic E-state index is 0.204. The molecule has 0 aliphatic heterocycles. The van der Waals surface area contributed by atoms with E-state index in [1.165, 1.54) is 0 Å². The van der Waals surface area contributed by atoms with Crippen molar-refractivity contribution >= 4 is 34.2 Å². The maximum atomic E-state index is 10.7.